The summed E-state index contributed by atoms with van der Waals surface area (Å²) in [5.41, 5.74) is 2.41. The van der Waals surface area contributed by atoms with Crippen LogP contribution in [-0.4, -0.2) is 17.0 Å². The quantitative estimate of drug-likeness (QED) is 0.889. The Bertz CT molecular complexity index is 528. The number of aromatic nitrogens is 2. The van der Waals surface area contributed by atoms with Gasteiger partial charge in [0.15, 0.2) is 0 Å². The van der Waals surface area contributed by atoms with Crippen molar-refractivity contribution in [1.82, 2.24) is 9.97 Å². The van der Waals surface area contributed by atoms with Gasteiger partial charge in [-0.25, -0.2) is 4.98 Å². The first-order chi connectivity index (χ1) is 8.60. The molecule has 0 aliphatic heterocycles. The third-order valence-corrected chi connectivity index (χ3v) is 3.99. The van der Waals surface area contributed by atoms with Crippen LogP contribution in [0.4, 0.5) is 11.8 Å². The average Bonchev–Trinajstić information content (AvgIpc) is 2.68. The minimum absolute atomic E-state index is 0.640. The van der Waals surface area contributed by atoms with Crippen LogP contribution in [0.3, 0.4) is 0 Å². The van der Waals surface area contributed by atoms with Gasteiger partial charge in [0.25, 0.3) is 0 Å². The molecule has 0 aliphatic rings. The van der Waals surface area contributed by atoms with Crippen LogP contribution < -0.4 is 10.6 Å². The Balaban J connectivity index is 2.10. The van der Waals surface area contributed by atoms with Crippen LogP contribution in [0.25, 0.3) is 0 Å². The summed E-state index contributed by atoms with van der Waals surface area (Å²) in [4.78, 5) is 11.3. The normalized spacial score (nSPS) is 10.4. The fourth-order valence-electron chi connectivity index (χ4n) is 1.65. The van der Waals surface area contributed by atoms with Crippen LogP contribution in [0.15, 0.2) is 12.3 Å². The van der Waals surface area contributed by atoms with Crippen LogP contribution in [0.5, 0.6) is 0 Å². The lowest BCUT2D eigenvalue weighted by molar-refractivity contribution is 1.07. The molecule has 2 aromatic heterocycles. The second-order valence-corrected chi connectivity index (χ2v) is 5.62. The summed E-state index contributed by atoms with van der Waals surface area (Å²) < 4.78 is 0. The molecular weight excluding hydrogens is 244 g/mol. The first kappa shape index (κ1) is 12.8. The van der Waals surface area contributed by atoms with Crippen LogP contribution in [0, 0.1) is 20.8 Å². The van der Waals surface area contributed by atoms with Gasteiger partial charge in [-0.2, -0.15) is 4.98 Å². The molecule has 0 bridgehead atoms. The molecule has 0 atom stereocenters. The van der Waals surface area contributed by atoms with Crippen molar-refractivity contribution in [3.05, 3.63) is 33.1 Å². The van der Waals surface area contributed by atoms with E-state index >= 15 is 0 Å². The molecule has 0 unspecified atom stereocenters. The number of anilines is 2. The van der Waals surface area contributed by atoms with Gasteiger partial charge >= 0.3 is 0 Å². The molecular formula is C13H18N4S. The molecule has 0 aliphatic carbocycles. The van der Waals surface area contributed by atoms with E-state index < -0.39 is 0 Å². The highest BCUT2D eigenvalue weighted by Crippen LogP contribution is 2.22. The number of nitrogens with one attached hydrogen (secondary N) is 2. The SMILES string of the molecule is CNc1ncc(C)c(NCc2cc(C)c(C)s2)n1. The lowest BCUT2D eigenvalue weighted by atomic mass is 10.3. The van der Waals surface area contributed by atoms with Crippen molar-refractivity contribution in [2.24, 2.45) is 0 Å². The Labute approximate surface area is 111 Å². The molecule has 5 heteroatoms. The molecule has 2 N–H and O–H groups in total. The van der Waals surface area contributed by atoms with Gasteiger partial charge < -0.3 is 10.6 Å². The first-order valence-electron chi connectivity index (χ1n) is 5.91. The van der Waals surface area contributed by atoms with Crippen LogP contribution >= 0.6 is 11.3 Å². The van der Waals surface area contributed by atoms with Crippen molar-refractivity contribution in [3.63, 3.8) is 0 Å². The lowest BCUT2D eigenvalue weighted by Crippen LogP contribution is -2.05. The second-order valence-electron chi connectivity index (χ2n) is 4.28. The lowest BCUT2D eigenvalue weighted by Gasteiger charge is -2.08. The molecule has 0 fully saturated rings. The Kier molecular flexibility index (Phi) is 3.81. The van der Waals surface area contributed by atoms with Gasteiger partial charge in [0, 0.05) is 28.6 Å². The van der Waals surface area contributed by atoms with E-state index in [1.165, 1.54) is 15.3 Å². The minimum Gasteiger partial charge on any atom is -0.365 e. The summed E-state index contributed by atoms with van der Waals surface area (Å²) in [5, 5.41) is 6.31. The molecule has 96 valence electrons. The van der Waals surface area contributed by atoms with Gasteiger partial charge in [-0.1, -0.05) is 0 Å². The average molecular weight is 262 g/mol. The molecule has 2 rings (SSSR count). The van der Waals surface area contributed by atoms with Crippen molar-refractivity contribution in [3.8, 4) is 0 Å². The van der Waals surface area contributed by atoms with Crippen molar-refractivity contribution in [2.45, 2.75) is 27.3 Å². The number of rotatable bonds is 4. The van der Waals surface area contributed by atoms with Gasteiger partial charge in [0.05, 0.1) is 6.54 Å². The van der Waals surface area contributed by atoms with Gasteiger partial charge in [0.1, 0.15) is 5.82 Å². The monoisotopic (exact) mass is 262 g/mol. The van der Waals surface area contributed by atoms with Gasteiger partial charge in [0.2, 0.25) is 5.95 Å². The highest BCUT2D eigenvalue weighted by atomic mass is 32.1. The van der Waals surface area contributed by atoms with Crippen molar-refractivity contribution in [1.29, 1.82) is 0 Å². The molecule has 18 heavy (non-hydrogen) atoms. The summed E-state index contributed by atoms with van der Waals surface area (Å²) in [6.45, 7) is 7.11. The molecule has 0 saturated heterocycles. The number of hydrogen-bond acceptors (Lipinski definition) is 5. The maximum Gasteiger partial charge on any atom is 0.224 e. The maximum absolute atomic E-state index is 4.41. The van der Waals surface area contributed by atoms with Crippen LogP contribution in [0.2, 0.25) is 0 Å². The first-order valence-corrected chi connectivity index (χ1v) is 6.73. The number of hydrogen-bond donors (Lipinski definition) is 2. The smallest absolute Gasteiger partial charge is 0.224 e. The van der Waals surface area contributed by atoms with E-state index in [0.717, 1.165) is 17.9 Å². The molecule has 0 radical (unpaired) electrons. The van der Waals surface area contributed by atoms with Crippen molar-refractivity contribution < 1.29 is 0 Å². The predicted octanol–water partition coefficient (Wildman–Crippen LogP) is 3.12. The zero-order chi connectivity index (χ0) is 13.1. The van der Waals surface area contributed by atoms with E-state index in [9.17, 15) is 0 Å². The van der Waals surface area contributed by atoms with Crippen molar-refractivity contribution >= 4 is 23.1 Å². The molecule has 0 aromatic carbocycles. The maximum atomic E-state index is 4.41. The molecule has 0 amide bonds. The summed E-state index contributed by atoms with van der Waals surface area (Å²) in [5.74, 6) is 1.53. The summed E-state index contributed by atoms with van der Waals surface area (Å²) >= 11 is 1.83. The Morgan fingerprint density at radius 1 is 1.22 bits per heavy atom. The van der Waals surface area contributed by atoms with Gasteiger partial charge in [-0.05, 0) is 32.4 Å². The van der Waals surface area contributed by atoms with Gasteiger partial charge in [-0.3, -0.25) is 0 Å². The molecule has 4 nitrogen and oxygen atoms in total. The third kappa shape index (κ3) is 2.79. The van der Waals surface area contributed by atoms with E-state index in [4.69, 9.17) is 0 Å². The molecule has 0 saturated carbocycles. The number of nitrogens with zero attached hydrogens (tertiary/aromatic N) is 2. The van der Waals surface area contributed by atoms with E-state index in [-0.39, 0.29) is 0 Å². The second kappa shape index (κ2) is 5.35. The zero-order valence-electron chi connectivity index (χ0n) is 11.2. The van der Waals surface area contributed by atoms with E-state index in [0.29, 0.717) is 5.95 Å². The highest BCUT2D eigenvalue weighted by molar-refractivity contribution is 7.12. The largest absolute Gasteiger partial charge is 0.365 e. The predicted molar refractivity (Wildman–Crippen MR) is 77.4 cm³/mol. The summed E-state index contributed by atoms with van der Waals surface area (Å²) in [6, 6.07) is 2.22. The standard InChI is InChI=1S/C13H18N4S/c1-8-5-11(18-10(8)3)7-15-12-9(2)6-16-13(14-4)17-12/h5-6H,7H2,1-4H3,(H2,14,15,16,17). The Morgan fingerprint density at radius 3 is 2.61 bits per heavy atom. The molecule has 0 spiro atoms. The highest BCUT2D eigenvalue weighted by Gasteiger charge is 2.05. The van der Waals surface area contributed by atoms with Crippen LogP contribution in [-0.2, 0) is 6.54 Å². The minimum atomic E-state index is 0.640. The number of aryl methyl sites for hydroxylation is 3. The Hall–Kier alpha value is -1.62. The number of thiophene rings is 1. The van der Waals surface area contributed by atoms with Gasteiger partial charge in [-0.15, -0.1) is 11.3 Å². The third-order valence-electron chi connectivity index (χ3n) is 2.84. The Morgan fingerprint density at radius 2 is 2.00 bits per heavy atom. The topological polar surface area (TPSA) is 49.8 Å². The fraction of sp³-hybridized carbons (Fsp3) is 0.385. The zero-order valence-corrected chi connectivity index (χ0v) is 12.0. The van der Waals surface area contributed by atoms with E-state index in [2.05, 4.69) is 40.5 Å². The molecule has 2 heterocycles. The van der Waals surface area contributed by atoms with Crippen LogP contribution in [0.1, 0.15) is 20.9 Å². The summed E-state index contributed by atoms with van der Waals surface area (Å²) in [7, 11) is 1.82. The van der Waals surface area contributed by atoms with Crippen molar-refractivity contribution in [2.75, 3.05) is 17.7 Å². The van der Waals surface area contributed by atoms with E-state index in [1.54, 1.807) is 0 Å². The summed E-state index contributed by atoms with van der Waals surface area (Å²) in [6.07, 6.45) is 1.83. The fourth-order valence-corrected chi connectivity index (χ4v) is 2.64. The van der Waals surface area contributed by atoms with E-state index in [1.807, 2.05) is 31.5 Å². The molecule has 2 aromatic rings.